The predicted molar refractivity (Wildman–Crippen MR) is 87.4 cm³/mol. The van der Waals surface area contributed by atoms with Crippen LogP contribution in [-0.2, 0) is 11.3 Å². The molecule has 1 amide bonds. The zero-order valence-electron chi connectivity index (χ0n) is 13.3. The fourth-order valence-corrected chi connectivity index (χ4v) is 2.29. The van der Waals surface area contributed by atoms with Gasteiger partial charge in [0.25, 0.3) is 0 Å². The number of benzene rings is 2. The molecule has 0 saturated carbocycles. The lowest BCUT2D eigenvalue weighted by molar-refractivity contribution is -0.122. The van der Waals surface area contributed by atoms with Gasteiger partial charge in [0.15, 0.2) is 0 Å². The molecule has 0 heterocycles. The van der Waals surface area contributed by atoms with Crippen LogP contribution in [0.4, 0.5) is 4.39 Å². The Labute approximate surface area is 135 Å². The summed E-state index contributed by atoms with van der Waals surface area (Å²) in [6, 6.07) is 13.3. The van der Waals surface area contributed by atoms with Gasteiger partial charge in [-0.3, -0.25) is 9.69 Å². The highest BCUT2D eigenvalue weighted by molar-refractivity contribution is 5.78. The molecule has 2 aromatic carbocycles. The van der Waals surface area contributed by atoms with Gasteiger partial charge in [0.05, 0.1) is 6.54 Å². The van der Waals surface area contributed by atoms with E-state index in [2.05, 4.69) is 5.32 Å². The van der Waals surface area contributed by atoms with E-state index in [4.69, 9.17) is 0 Å². The van der Waals surface area contributed by atoms with Gasteiger partial charge in [0.1, 0.15) is 11.6 Å². The summed E-state index contributed by atoms with van der Waals surface area (Å²) in [5, 5.41) is 12.2. The summed E-state index contributed by atoms with van der Waals surface area (Å²) in [7, 11) is 1.83. The second-order valence-corrected chi connectivity index (χ2v) is 5.55. The van der Waals surface area contributed by atoms with Crippen LogP contribution in [0.25, 0.3) is 0 Å². The minimum absolute atomic E-state index is 0.0266. The van der Waals surface area contributed by atoms with E-state index in [1.165, 1.54) is 6.07 Å². The van der Waals surface area contributed by atoms with Crippen molar-refractivity contribution in [1.82, 2.24) is 10.2 Å². The van der Waals surface area contributed by atoms with E-state index in [0.29, 0.717) is 5.56 Å². The Hall–Kier alpha value is -2.40. The van der Waals surface area contributed by atoms with Crippen molar-refractivity contribution in [2.45, 2.75) is 19.5 Å². The summed E-state index contributed by atoms with van der Waals surface area (Å²) >= 11 is 0. The first-order chi connectivity index (χ1) is 11.0. The molecule has 2 rings (SSSR count). The number of carbonyl (C=O) groups is 1. The van der Waals surface area contributed by atoms with E-state index in [1.54, 1.807) is 36.4 Å². The van der Waals surface area contributed by atoms with Gasteiger partial charge in [-0.1, -0.05) is 30.3 Å². The van der Waals surface area contributed by atoms with E-state index >= 15 is 0 Å². The Morgan fingerprint density at radius 3 is 2.70 bits per heavy atom. The third kappa shape index (κ3) is 4.79. The first-order valence-corrected chi connectivity index (χ1v) is 7.46. The molecule has 0 saturated heterocycles. The van der Waals surface area contributed by atoms with Crippen molar-refractivity contribution in [3.8, 4) is 5.75 Å². The van der Waals surface area contributed by atoms with E-state index in [0.717, 1.165) is 5.56 Å². The lowest BCUT2D eigenvalue weighted by Gasteiger charge is -2.24. The van der Waals surface area contributed by atoms with Gasteiger partial charge in [0.2, 0.25) is 5.91 Å². The highest BCUT2D eigenvalue weighted by atomic mass is 19.1. The van der Waals surface area contributed by atoms with Crippen LogP contribution in [0.2, 0.25) is 0 Å². The van der Waals surface area contributed by atoms with Crippen LogP contribution in [0.3, 0.4) is 0 Å². The zero-order chi connectivity index (χ0) is 16.8. The summed E-state index contributed by atoms with van der Waals surface area (Å²) in [4.78, 5) is 13.9. The summed E-state index contributed by atoms with van der Waals surface area (Å²) in [6.45, 7) is 2.31. The molecule has 0 spiro atoms. The smallest absolute Gasteiger partial charge is 0.234 e. The topological polar surface area (TPSA) is 52.6 Å². The maximum Gasteiger partial charge on any atom is 0.234 e. The van der Waals surface area contributed by atoms with Crippen molar-refractivity contribution >= 4 is 5.91 Å². The lowest BCUT2D eigenvalue weighted by Crippen LogP contribution is -2.36. The molecule has 1 atom stereocenters. The molecule has 0 aromatic heterocycles. The van der Waals surface area contributed by atoms with Crippen LogP contribution in [-0.4, -0.2) is 29.5 Å². The Morgan fingerprint density at radius 2 is 2.00 bits per heavy atom. The van der Waals surface area contributed by atoms with E-state index in [-0.39, 0.29) is 36.6 Å². The number of hydrogen-bond acceptors (Lipinski definition) is 3. The molecule has 0 radical (unpaired) electrons. The Bertz CT molecular complexity index is 676. The van der Waals surface area contributed by atoms with Gasteiger partial charge in [-0.15, -0.1) is 0 Å². The van der Waals surface area contributed by atoms with Crippen molar-refractivity contribution < 1.29 is 14.3 Å². The van der Waals surface area contributed by atoms with Gasteiger partial charge in [-0.25, -0.2) is 4.39 Å². The monoisotopic (exact) mass is 316 g/mol. The molecule has 0 aliphatic carbocycles. The maximum atomic E-state index is 13.5. The number of phenolic OH excluding ortho intramolecular Hbond substituents is 1. The molecule has 0 aliphatic heterocycles. The number of rotatable bonds is 6. The summed E-state index contributed by atoms with van der Waals surface area (Å²) in [6.07, 6.45) is 0. The number of hydrogen-bond donors (Lipinski definition) is 2. The number of aromatic hydroxyl groups is 1. The van der Waals surface area contributed by atoms with Crippen LogP contribution in [0.5, 0.6) is 5.75 Å². The SMILES string of the molecule is C[C@H](c1cccc(O)c1)N(C)CC(=O)NCc1ccccc1F. The molecule has 4 nitrogen and oxygen atoms in total. The molecule has 0 bridgehead atoms. The van der Waals surface area contributed by atoms with Gasteiger partial charge >= 0.3 is 0 Å². The molecule has 0 fully saturated rings. The first-order valence-electron chi connectivity index (χ1n) is 7.46. The Balaban J connectivity index is 1.88. The highest BCUT2D eigenvalue weighted by Gasteiger charge is 2.15. The lowest BCUT2D eigenvalue weighted by atomic mass is 10.1. The van der Waals surface area contributed by atoms with Crippen molar-refractivity contribution in [2.24, 2.45) is 0 Å². The van der Waals surface area contributed by atoms with Crippen molar-refractivity contribution in [1.29, 1.82) is 0 Å². The summed E-state index contributed by atoms with van der Waals surface area (Å²) in [5.74, 6) is -0.302. The second kappa shape index (κ2) is 7.74. The second-order valence-electron chi connectivity index (χ2n) is 5.55. The highest BCUT2D eigenvalue weighted by Crippen LogP contribution is 2.21. The maximum absolute atomic E-state index is 13.5. The van der Waals surface area contributed by atoms with Crippen LogP contribution < -0.4 is 5.32 Å². The van der Waals surface area contributed by atoms with Crippen molar-refractivity contribution in [3.05, 3.63) is 65.5 Å². The number of carbonyl (C=O) groups excluding carboxylic acids is 1. The van der Waals surface area contributed by atoms with Gasteiger partial charge in [0, 0.05) is 18.2 Å². The fraction of sp³-hybridized carbons (Fsp3) is 0.278. The molecule has 2 N–H and O–H groups in total. The number of phenols is 1. The molecular formula is C18H21FN2O2. The van der Waals surface area contributed by atoms with E-state index in [9.17, 15) is 14.3 Å². The average molecular weight is 316 g/mol. The molecule has 23 heavy (non-hydrogen) atoms. The van der Waals surface area contributed by atoms with Crippen molar-refractivity contribution in [3.63, 3.8) is 0 Å². The minimum atomic E-state index is -0.325. The van der Waals surface area contributed by atoms with Gasteiger partial charge in [-0.2, -0.15) is 0 Å². The Morgan fingerprint density at radius 1 is 1.26 bits per heavy atom. The molecule has 0 aliphatic rings. The number of nitrogens with zero attached hydrogens (tertiary/aromatic N) is 1. The fourth-order valence-electron chi connectivity index (χ4n) is 2.29. The summed E-state index contributed by atoms with van der Waals surface area (Å²) in [5.41, 5.74) is 1.39. The molecule has 2 aromatic rings. The normalized spacial score (nSPS) is 12.2. The van der Waals surface area contributed by atoms with Gasteiger partial charge in [-0.05, 0) is 37.7 Å². The van der Waals surface area contributed by atoms with Crippen molar-refractivity contribution in [2.75, 3.05) is 13.6 Å². The third-order valence-corrected chi connectivity index (χ3v) is 3.84. The quantitative estimate of drug-likeness (QED) is 0.861. The van der Waals surface area contributed by atoms with Crippen LogP contribution in [0, 0.1) is 5.82 Å². The number of halogens is 1. The first kappa shape index (κ1) is 17.0. The zero-order valence-corrected chi connectivity index (χ0v) is 13.3. The predicted octanol–water partition coefficient (Wildman–Crippen LogP) is 2.84. The summed E-state index contributed by atoms with van der Waals surface area (Å²) < 4.78 is 13.5. The number of amides is 1. The third-order valence-electron chi connectivity index (χ3n) is 3.84. The molecule has 5 heteroatoms. The van der Waals surface area contributed by atoms with Crippen LogP contribution in [0.15, 0.2) is 48.5 Å². The van der Waals surface area contributed by atoms with E-state index < -0.39 is 0 Å². The molecular weight excluding hydrogens is 295 g/mol. The minimum Gasteiger partial charge on any atom is -0.508 e. The largest absolute Gasteiger partial charge is 0.508 e. The van der Waals surface area contributed by atoms with E-state index in [1.807, 2.05) is 24.9 Å². The molecule has 0 unspecified atom stereocenters. The van der Waals surface area contributed by atoms with Gasteiger partial charge < -0.3 is 10.4 Å². The number of likely N-dealkylation sites (N-methyl/N-ethyl adjacent to an activating group) is 1. The average Bonchev–Trinajstić information content (AvgIpc) is 2.53. The van der Waals surface area contributed by atoms with Crippen LogP contribution >= 0.6 is 0 Å². The van der Waals surface area contributed by atoms with Crippen LogP contribution in [0.1, 0.15) is 24.1 Å². The molecule has 122 valence electrons. The number of nitrogens with one attached hydrogen (secondary N) is 1. The standard InChI is InChI=1S/C18H21FN2O2/c1-13(14-7-5-8-16(22)10-14)21(2)12-18(23)20-11-15-6-3-4-9-17(15)19/h3-10,13,22H,11-12H2,1-2H3,(H,20,23)/t13-/m1/s1. The Kier molecular flexibility index (Phi) is 5.71.